The van der Waals surface area contributed by atoms with Crippen LogP contribution in [0.2, 0.25) is 0 Å². The molecule has 0 aromatic carbocycles. The van der Waals surface area contributed by atoms with Gasteiger partial charge in [-0.3, -0.25) is 9.59 Å². The van der Waals surface area contributed by atoms with Crippen LogP contribution < -0.4 is 0 Å². The number of hydrogen-bond donors (Lipinski definition) is 0. The molecule has 92 valence electrons. The van der Waals surface area contributed by atoms with E-state index in [1.807, 2.05) is 0 Å². The molecule has 0 amide bonds. The van der Waals surface area contributed by atoms with Crippen molar-refractivity contribution in [3.8, 4) is 0 Å². The van der Waals surface area contributed by atoms with Crippen LogP contribution >= 0.6 is 11.6 Å². The number of carbonyl (C=O) groups is 2. The van der Waals surface area contributed by atoms with Gasteiger partial charge in [0.25, 0.3) is 0 Å². The van der Waals surface area contributed by atoms with Gasteiger partial charge in [-0.25, -0.2) is 0 Å². The maximum atomic E-state index is 11.2. The van der Waals surface area contributed by atoms with Crippen LogP contribution in [0.15, 0.2) is 12.3 Å². The van der Waals surface area contributed by atoms with E-state index in [2.05, 4.69) is 6.58 Å². The predicted molar refractivity (Wildman–Crippen MR) is 61.0 cm³/mol. The molecule has 0 aliphatic carbocycles. The van der Waals surface area contributed by atoms with Crippen LogP contribution in [0.4, 0.5) is 0 Å². The van der Waals surface area contributed by atoms with Crippen molar-refractivity contribution in [1.29, 1.82) is 0 Å². The molecular formula is C11H17ClO4. The highest BCUT2D eigenvalue weighted by Crippen LogP contribution is 2.14. The van der Waals surface area contributed by atoms with Crippen molar-refractivity contribution in [2.45, 2.75) is 38.5 Å². The van der Waals surface area contributed by atoms with Crippen molar-refractivity contribution in [1.82, 2.24) is 0 Å². The average Bonchev–Trinajstić information content (AvgIpc) is 2.09. The minimum atomic E-state index is -1.03. The molecule has 0 saturated heterocycles. The van der Waals surface area contributed by atoms with E-state index in [1.165, 1.54) is 0 Å². The minimum absolute atomic E-state index is 0.153. The van der Waals surface area contributed by atoms with Gasteiger partial charge in [-0.15, -0.1) is 11.6 Å². The zero-order valence-corrected chi connectivity index (χ0v) is 10.6. The van der Waals surface area contributed by atoms with E-state index in [0.717, 1.165) is 0 Å². The Hall–Kier alpha value is -1.03. The van der Waals surface area contributed by atoms with E-state index < -0.39 is 10.8 Å². The molecule has 0 rings (SSSR count). The van der Waals surface area contributed by atoms with Crippen molar-refractivity contribution in [3.05, 3.63) is 12.3 Å². The number of rotatable bonds is 6. The van der Waals surface area contributed by atoms with E-state index in [-0.39, 0.29) is 19.0 Å². The Balaban J connectivity index is 3.65. The molecule has 0 heterocycles. The van der Waals surface area contributed by atoms with Crippen LogP contribution in [-0.2, 0) is 19.1 Å². The van der Waals surface area contributed by atoms with Crippen molar-refractivity contribution >= 4 is 23.5 Å². The Morgan fingerprint density at radius 2 is 1.94 bits per heavy atom. The first kappa shape index (κ1) is 15.0. The summed E-state index contributed by atoms with van der Waals surface area (Å²) in [5, 5.41) is 0. The van der Waals surface area contributed by atoms with E-state index in [0.29, 0.717) is 12.2 Å². The zero-order valence-electron chi connectivity index (χ0n) is 9.84. The normalized spacial score (nSPS) is 10.8. The van der Waals surface area contributed by atoms with Gasteiger partial charge in [0.05, 0.1) is 12.4 Å². The fourth-order valence-corrected chi connectivity index (χ4v) is 0.853. The fraction of sp³-hybridized carbons (Fsp3) is 0.636. The summed E-state index contributed by atoms with van der Waals surface area (Å²) in [5.41, 5.74) is 0. The average molecular weight is 249 g/mol. The van der Waals surface area contributed by atoms with Gasteiger partial charge in [-0.05, 0) is 27.2 Å². The van der Waals surface area contributed by atoms with Crippen LogP contribution in [0.5, 0.6) is 0 Å². The molecule has 0 radical (unpaired) electrons. The highest BCUT2D eigenvalue weighted by atomic mass is 35.5. The fourth-order valence-electron chi connectivity index (χ4n) is 0.798. The molecule has 0 aliphatic rings. The Kier molecular flexibility index (Phi) is 6.11. The molecule has 0 N–H and O–H groups in total. The highest BCUT2D eigenvalue weighted by Gasteiger charge is 2.25. The third-order valence-electron chi connectivity index (χ3n) is 1.53. The number of halogens is 1. The standard InChI is InChI=1S/C11H17ClO4/c1-8(2)16-9(13)6-5-7-15-10(14)11(3,4)12/h1,5-7H2,2-4H3. The van der Waals surface area contributed by atoms with Gasteiger partial charge in [-0.2, -0.15) is 0 Å². The number of carbonyl (C=O) groups excluding carboxylic acids is 2. The summed E-state index contributed by atoms with van der Waals surface area (Å²) in [6.45, 7) is 8.28. The Morgan fingerprint density at radius 3 is 2.38 bits per heavy atom. The summed E-state index contributed by atoms with van der Waals surface area (Å²) in [7, 11) is 0. The number of ether oxygens (including phenoxy) is 2. The monoisotopic (exact) mass is 248 g/mol. The number of hydrogen-bond acceptors (Lipinski definition) is 4. The molecule has 0 saturated carbocycles. The quantitative estimate of drug-likeness (QED) is 0.314. The molecule has 0 bridgehead atoms. The number of allylic oxidation sites excluding steroid dienone is 1. The van der Waals surface area contributed by atoms with Crippen LogP contribution in [0, 0.1) is 0 Å². The van der Waals surface area contributed by atoms with Gasteiger partial charge < -0.3 is 9.47 Å². The van der Waals surface area contributed by atoms with Gasteiger partial charge in [-0.1, -0.05) is 6.58 Å². The topological polar surface area (TPSA) is 52.6 Å². The van der Waals surface area contributed by atoms with Crippen LogP contribution in [-0.4, -0.2) is 23.4 Å². The SMILES string of the molecule is C=C(C)OC(=O)CCCOC(=O)C(C)(C)Cl. The molecule has 0 unspecified atom stereocenters. The summed E-state index contributed by atoms with van der Waals surface area (Å²) >= 11 is 5.72. The minimum Gasteiger partial charge on any atom is -0.464 e. The Bertz CT molecular complexity index is 278. The lowest BCUT2D eigenvalue weighted by Crippen LogP contribution is -2.27. The summed E-state index contributed by atoms with van der Waals surface area (Å²) < 4.78 is 9.59. The van der Waals surface area contributed by atoms with Gasteiger partial charge in [0.2, 0.25) is 0 Å². The molecule has 0 fully saturated rings. The summed E-state index contributed by atoms with van der Waals surface area (Å²) in [6.07, 6.45) is 0.591. The first-order chi connectivity index (χ1) is 7.23. The Labute approximate surface area is 101 Å². The van der Waals surface area contributed by atoms with Crippen molar-refractivity contribution in [3.63, 3.8) is 0 Å². The third kappa shape index (κ3) is 7.29. The van der Waals surface area contributed by atoms with E-state index in [9.17, 15) is 9.59 Å². The van der Waals surface area contributed by atoms with Crippen LogP contribution in [0.1, 0.15) is 33.6 Å². The number of esters is 2. The van der Waals surface area contributed by atoms with Gasteiger partial charge in [0, 0.05) is 6.42 Å². The lowest BCUT2D eigenvalue weighted by atomic mass is 10.2. The predicted octanol–water partition coefficient (Wildman–Crippen LogP) is 2.40. The second-order valence-electron chi connectivity index (χ2n) is 3.89. The van der Waals surface area contributed by atoms with E-state index in [4.69, 9.17) is 21.1 Å². The van der Waals surface area contributed by atoms with Crippen LogP contribution in [0.3, 0.4) is 0 Å². The lowest BCUT2D eigenvalue weighted by molar-refractivity contribution is -0.147. The highest BCUT2D eigenvalue weighted by molar-refractivity contribution is 6.33. The van der Waals surface area contributed by atoms with E-state index >= 15 is 0 Å². The summed E-state index contributed by atoms with van der Waals surface area (Å²) in [5.74, 6) is -0.528. The smallest absolute Gasteiger partial charge is 0.326 e. The molecule has 0 aromatic heterocycles. The molecule has 0 spiro atoms. The van der Waals surface area contributed by atoms with Crippen LogP contribution in [0.25, 0.3) is 0 Å². The molecule has 0 atom stereocenters. The van der Waals surface area contributed by atoms with Crippen molar-refractivity contribution < 1.29 is 19.1 Å². The second kappa shape index (κ2) is 6.53. The third-order valence-corrected chi connectivity index (χ3v) is 1.69. The number of alkyl halides is 1. The largest absolute Gasteiger partial charge is 0.464 e. The first-order valence-corrected chi connectivity index (χ1v) is 5.33. The molecule has 5 heteroatoms. The van der Waals surface area contributed by atoms with Crippen molar-refractivity contribution in [2.24, 2.45) is 0 Å². The van der Waals surface area contributed by atoms with Gasteiger partial charge >= 0.3 is 11.9 Å². The zero-order chi connectivity index (χ0) is 12.8. The molecule has 4 nitrogen and oxygen atoms in total. The molecule has 0 aliphatic heterocycles. The summed E-state index contributed by atoms with van der Waals surface area (Å²) in [4.78, 5) is 21.2. The lowest BCUT2D eigenvalue weighted by Gasteiger charge is -2.14. The maximum Gasteiger partial charge on any atom is 0.326 e. The molecule has 0 aromatic rings. The molecular weight excluding hydrogens is 232 g/mol. The maximum absolute atomic E-state index is 11.2. The second-order valence-corrected chi connectivity index (χ2v) is 4.83. The summed E-state index contributed by atoms with van der Waals surface area (Å²) in [6, 6.07) is 0. The van der Waals surface area contributed by atoms with Gasteiger partial charge in [0.1, 0.15) is 4.87 Å². The molecule has 16 heavy (non-hydrogen) atoms. The van der Waals surface area contributed by atoms with E-state index in [1.54, 1.807) is 20.8 Å². The van der Waals surface area contributed by atoms with Gasteiger partial charge in [0.15, 0.2) is 0 Å². The van der Waals surface area contributed by atoms with Crippen molar-refractivity contribution in [2.75, 3.05) is 6.61 Å². The first-order valence-electron chi connectivity index (χ1n) is 4.96. The Morgan fingerprint density at radius 1 is 1.38 bits per heavy atom.